The Morgan fingerprint density at radius 2 is 2.22 bits per heavy atom. The predicted octanol–water partition coefficient (Wildman–Crippen LogP) is 1.84. The number of halogens is 1. The molecule has 2 heterocycles. The molecule has 2 rings (SSSR count). The maximum atomic E-state index is 13.2. The van der Waals surface area contributed by atoms with Gasteiger partial charge >= 0.3 is 0 Å². The first-order valence-corrected chi connectivity index (χ1v) is 7.23. The minimum Gasteiger partial charge on any atom is -0.369 e. The molecule has 0 bridgehead atoms. The summed E-state index contributed by atoms with van der Waals surface area (Å²) in [4.78, 5) is 8.89. The molecule has 3 N–H and O–H groups in total. The number of hydrogen-bond donors (Lipinski definition) is 2. The molecule has 0 amide bonds. The summed E-state index contributed by atoms with van der Waals surface area (Å²) >= 11 is 0. The molecule has 0 spiro atoms. The van der Waals surface area contributed by atoms with Gasteiger partial charge in [0.1, 0.15) is 0 Å². The molecule has 1 fully saturated rings. The van der Waals surface area contributed by atoms with Crippen molar-refractivity contribution in [2.45, 2.75) is 51.2 Å². The van der Waals surface area contributed by atoms with Gasteiger partial charge in [0.2, 0.25) is 11.9 Å². The first-order valence-electron chi connectivity index (χ1n) is 7.23. The van der Waals surface area contributed by atoms with Gasteiger partial charge in [-0.25, -0.2) is 14.9 Å². The van der Waals surface area contributed by atoms with Crippen LogP contribution in [0, 0.1) is 17.4 Å². The molecule has 1 aliphatic rings. The van der Waals surface area contributed by atoms with Gasteiger partial charge in [-0.15, -0.1) is 0 Å². The zero-order chi connectivity index (χ0) is 17.4. The average Bonchev–Trinajstić information content (AvgIpc) is 2.60. The standard InChI is InChI=1S/C15H21FN6O/c1-14(2)8-11(15(3,4)22(14)23)20-13(18)21(9-17)10-5-6-19-12(16)7-10/h5-7,11,23H,8H2,1-4H3,(H2,18,20). The molecule has 1 atom stereocenters. The lowest BCUT2D eigenvalue weighted by atomic mass is 9.95. The fourth-order valence-electron chi connectivity index (χ4n) is 2.92. The van der Waals surface area contributed by atoms with E-state index in [0.717, 1.165) is 11.0 Å². The van der Waals surface area contributed by atoms with Crippen LogP contribution in [-0.4, -0.2) is 38.3 Å². The summed E-state index contributed by atoms with van der Waals surface area (Å²) in [5.74, 6) is -0.762. The van der Waals surface area contributed by atoms with Crippen molar-refractivity contribution >= 4 is 11.6 Å². The van der Waals surface area contributed by atoms with Gasteiger partial charge in [0, 0.05) is 17.8 Å². The van der Waals surface area contributed by atoms with Crippen LogP contribution in [0.1, 0.15) is 34.1 Å². The number of aromatic nitrogens is 1. The number of anilines is 1. The highest BCUT2D eigenvalue weighted by Crippen LogP contribution is 2.40. The number of aliphatic imine (C=N–C) groups is 1. The molecule has 0 radical (unpaired) electrons. The normalized spacial score (nSPS) is 23.5. The van der Waals surface area contributed by atoms with Crippen LogP contribution in [0.4, 0.5) is 10.1 Å². The maximum absolute atomic E-state index is 13.2. The van der Waals surface area contributed by atoms with E-state index in [1.807, 2.05) is 33.9 Å². The lowest BCUT2D eigenvalue weighted by Crippen LogP contribution is -2.48. The highest BCUT2D eigenvalue weighted by atomic mass is 19.1. The maximum Gasteiger partial charge on any atom is 0.214 e. The van der Waals surface area contributed by atoms with Crippen LogP contribution >= 0.6 is 0 Å². The molecular weight excluding hydrogens is 299 g/mol. The largest absolute Gasteiger partial charge is 0.369 e. The van der Waals surface area contributed by atoms with Gasteiger partial charge in [-0.1, -0.05) is 0 Å². The summed E-state index contributed by atoms with van der Waals surface area (Å²) < 4.78 is 13.2. The lowest BCUT2D eigenvalue weighted by Gasteiger charge is -2.35. The zero-order valence-corrected chi connectivity index (χ0v) is 13.7. The number of hydroxylamine groups is 2. The van der Waals surface area contributed by atoms with Gasteiger partial charge in [0.05, 0.1) is 17.3 Å². The van der Waals surface area contributed by atoms with Crippen LogP contribution < -0.4 is 10.6 Å². The fourth-order valence-corrected chi connectivity index (χ4v) is 2.92. The van der Waals surface area contributed by atoms with Crippen molar-refractivity contribution in [3.8, 4) is 6.19 Å². The van der Waals surface area contributed by atoms with E-state index in [0.29, 0.717) is 6.42 Å². The molecule has 23 heavy (non-hydrogen) atoms. The van der Waals surface area contributed by atoms with Crippen molar-refractivity contribution in [2.24, 2.45) is 10.7 Å². The number of guanidine groups is 1. The topological polar surface area (TPSA) is 102 Å². The van der Waals surface area contributed by atoms with Gasteiger partial charge in [0.25, 0.3) is 0 Å². The summed E-state index contributed by atoms with van der Waals surface area (Å²) in [6, 6.07) is 2.26. The van der Waals surface area contributed by atoms with E-state index in [-0.39, 0.29) is 17.7 Å². The minimum atomic E-state index is -0.709. The number of nitrogens with zero attached hydrogens (tertiary/aromatic N) is 5. The molecule has 1 aliphatic heterocycles. The smallest absolute Gasteiger partial charge is 0.214 e. The third-order valence-corrected chi connectivity index (χ3v) is 4.21. The summed E-state index contributed by atoms with van der Waals surface area (Å²) in [6.45, 7) is 7.51. The second-order valence-electron chi connectivity index (χ2n) is 6.76. The quantitative estimate of drug-likeness (QED) is 0.283. The van der Waals surface area contributed by atoms with Crippen molar-refractivity contribution < 1.29 is 9.60 Å². The van der Waals surface area contributed by atoms with Gasteiger partial charge in [-0.05, 0) is 40.2 Å². The number of pyridine rings is 1. The van der Waals surface area contributed by atoms with Gasteiger partial charge < -0.3 is 10.9 Å². The van der Waals surface area contributed by atoms with E-state index < -0.39 is 17.0 Å². The van der Waals surface area contributed by atoms with E-state index in [9.17, 15) is 14.9 Å². The van der Waals surface area contributed by atoms with E-state index in [1.54, 1.807) is 0 Å². The molecule has 1 unspecified atom stereocenters. The monoisotopic (exact) mass is 320 g/mol. The Morgan fingerprint density at radius 1 is 1.57 bits per heavy atom. The van der Waals surface area contributed by atoms with E-state index in [2.05, 4.69) is 9.98 Å². The molecule has 7 nitrogen and oxygen atoms in total. The Kier molecular flexibility index (Phi) is 4.28. The van der Waals surface area contributed by atoms with Crippen molar-refractivity contribution in [2.75, 3.05) is 4.90 Å². The molecular formula is C15H21FN6O. The number of hydrogen-bond acceptors (Lipinski definition) is 5. The van der Waals surface area contributed by atoms with Gasteiger partial charge in [-0.2, -0.15) is 14.7 Å². The van der Waals surface area contributed by atoms with Crippen LogP contribution in [0.5, 0.6) is 0 Å². The Hall–Kier alpha value is -2.24. The Bertz CT molecular complexity index is 666. The first-order chi connectivity index (χ1) is 10.6. The Morgan fingerprint density at radius 3 is 2.70 bits per heavy atom. The van der Waals surface area contributed by atoms with Gasteiger partial charge in [-0.3, -0.25) is 0 Å². The molecule has 0 saturated carbocycles. The summed E-state index contributed by atoms with van der Waals surface area (Å²) in [6.07, 6.45) is 3.71. The van der Waals surface area contributed by atoms with Crippen LogP contribution in [0.3, 0.4) is 0 Å². The van der Waals surface area contributed by atoms with Crippen LogP contribution in [0.15, 0.2) is 23.3 Å². The molecule has 1 saturated heterocycles. The van der Waals surface area contributed by atoms with Crippen LogP contribution in [-0.2, 0) is 0 Å². The number of rotatable bonds is 2. The molecule has 8 heteroatoms. The van der Waals surface area contributed by atoms with Crippen molar-refractivity contribution in [3.63, 3.8) is 0 Å². The van der Waals surface area contributed by atoms with Gasteiger partial charge in [0.15, 0.2) is 6.19 Å². The van der Waals surface area contributed by atoms with Crippen LogP contribution in [0.2, 0.25) is 0 Å². The van der Waals surface area contributed by atoms with E-state index in [4.69, 9.17) is 5.73 Å². The van der Waals surface area contributed by atoms with Crippen molar-refractivity contribution in [1.82, 2.24) is 10.0 Å². The first kappa shape index (κ1) is 17.1. The summed E-state index contributed by atoms with van der Waals surface area (Å²) in [5.41, 5.74) is 5.10. The highest BCUT2D eigenvalue weighted by molar-refractivity contribution is 5.97. The number of nitrogens with two attached hydrogens (primary N) is 1. The Balaban J connectivity index is 2.33. The fraction of sp³-hybridized carbons (Fsp3) is 0.533. The second kappa shape index (κ2) is 5.76. The van der Waals surface area contributed by atoms with E-state index in [1.165, 1.54) is 17.3 Å². The zero-order valence-electron chi connectivity index (χ0n) is 13.7. The second-order valence-corrected chi connectivity index (χ2v) is 6.76. The highest BCUT2D eigenvalue weighted by Gasteiger charge is 2.51. The SMILES string of the molecule is CC1(C)CC(N=C(N)N(C#N)c2ccnc(F)c2)C(C)(C)N1O. The summed E-state index contributed by atoms with van der Waals surface area (Å²) in [7, 11) is 0. The minimum absolute atomic E-state index is 0.0534. The van der Waals surface area contributed by atoms with Crippen molar-refractivity contribution in [3.05, 3.63) is 24.3 Å². The third-order valence-electron chi connectivity index (χ3n) is 4.21. The predicted molar refractivity (Wildman–Crippen MR) is 84.1 cm³/mol. The van der Waals surface area contributed by atoms with Crippen LogP contribution in [0.25, 0.3) is 0 Å². The number of nitriles is 1. The Labute approximate surface area is 134 Å². The summed E-state index contributed by atoms with van der Waals surface area (Å²) in [5, 5.41) is 20.9. The molecule has 1 aromatic heterocycles. The molecule has 1 aromatic rings. The molecule has 124 valence electrons. The van der Waals surface area contributed by atoms with E-state index >= 15 is 0 Å². The van der Waals surface area contributed by atoms with Crippen molar-refractivity contribution in [1.29, 1.82) is 5.26 Å². The average molecular weight is 320 g/mol. The molecule has 0 aliphatic carbocycles. The molecule has 0 aromatic carbocycles. The third kappa shape index (κ3) is 3.11. The lowest BCUT2D eigenvalue weighted by molar-refractivity contribution is -0.193.